The highest BCUT2D eigenvalue weighted by atomic mass is 35.5. The van der Waals surface area contributed by atoms with E-state index in [1.165, 1.54) is 0 Å². The molecule has 0 spiro atoms. The van der Waals surface area contributed by atoms with Crippen LogP contribution in [0.5, 0.6) is 0 Å². The third-order valence-corrected chi connectivity index (χ3v) is 4.27. The van der Waals surface area contributed by atoms with Crippen LogP contribution in [-0.2, 0) is 0 Å². The van der Waals surface area contributed by atoms with Crippen LogP contribution in [0.25, 0.3) is 0 Å². The molecule has 1 unspecified atom stereocenters. The first-order valence-corrected chi connectivity index (χ1v) is 7.82. The van der Waals surface area contributed by atoms with E-state index in [9.17, 15) is 0 Å². The Bertz CT molecular complexity index is 536. The van der Waals surface area contributed by atoms with Gasteiger partial charge in [0.15, 0.2) is 0 Å². The molecule has 1 heterocycles. The summed E-state index contributed by atoms with van der Waals surface area (Å²) >= 11 is 8.01. The second kappa shape index (κ2) is 6.51. The summed E-state index contributed by atoms with van der Waals surface area (Å²) in [6, 6.07) is 8.04. The van der Waals surface area contributed by atoms with E-state index in [-0.39, 0.29) is 6.04 Å². The molecule has 1 N–H and O–H groups in total. The first kappa shape index (κ1) is 14.5. The zero-order valence-corrected chi connectivity index (χ0v) is 13.1. The van der Waals surface area contributed by atoms with Crippen molar-refractivity contribution in [2.24, 2.45) is 0 Å². The summed E-state index contributed by atoms with van der Waals surface area (Å²) in [4.78, 5) is 4.74. The Hall–Kier alpha value is -0.900. The van der Waals surface area contributed by atoms with Gasteiger partial charge >= 0.3 is 0 Å². The molecule has 19 heavy (non-hydrogen) atoms. The molecule has 4 heteroatoms. The lowest BCUT2D eigenvalue weighted by Crippen LogP contribution is -2.22. The van der Waals surface area contributed by atoms with Crippen molar-refractivity contribution < 1.29 is 0 Å². The second-order valence-electron chi connectivity index (χ2n) is 4.78. The number of nitrogens with zero attached hydrogens (tertiary/aromatic N) is 1. The normalized spacial score (nSPS) is 12.9. The van der Waals surface area contributed by atoms with E-state index in [1.807, 2.05) is 18.2 Å². The van der Waals surface area contributed by atoms with Crippen molar-refractivity contribution in [3.8, 4) is 0 Å². The van der Waals surface area contributed by atoms with E-state index in [0.29, 0.717) is 5.92 Å². The molecular formula is C15H19ClN2S. The van der Waals surface area contributed by atoms with Crippen molar-refractivity contribution in [2.45, 2.75) is 32.7 Å². The van der Waals surface area contributed by atoms with Crippen LogP contribution < -0.4 is 5.32 Å². The molecule has 2 nitrogen and oxygen atoms in total. The minimum absolute atomic E-state index is 0.0798. The molecule has 0 saturated carbocycles. The molecule has 0 aliphatic carbocycles. The molecule has 0 aliphatic heterocycles. The number of halogens is 1. The summed E-state index contributed by atoms with van der Waals surface area (Å²) in [5.41, 5.74) is 2.24. The Labute approximate surface area is 123 Å². The van der Waals surface area contributed by atoms with Gasteiger partial charge in [-0.3, -0.25) is 0 Å². The highest BCUT2D eigenvalue weighted by molar-refractivity contribution is 7.09. The molecule has 0 amide bonds. The van der Waals surface area contributed by atoms with Gasteiger partial charge in [-0.2, -0.15) is 0 Å². The molecule has 1 aromatic heterocycles. The zero-order chi connectivity index (χ0) is 13.8. The second-order valence-corrected chi connectivity index (χ2v) is 6.07. The van der Waals surface area contributed by atoms with Gasteiger partial charge in [0.05, 0.1) is 11.7 Å². The van der Waals surface area contributed by atoms with Crippen molar-refractivity contribution in [3.05, 3.63) is 50.9 Å². The maximum Gasteiger partial charge on any atom is 0.114 e. The fraction of sp³-hybridized carbons (Fsp3) is 0.400. The van der Waals surface area contributed by atoms with Gasteiger partial charge in [-0.05, 0) is 24.1 Å². The number of aromatic nitrogens is 1. The lowest BCUT2D eigenvalue weighted by Gasteiger charge is -2.17. The Morgan fingerprint density at radius 3 is 2.63 bits per heavy atom. The quantitative estimate of drug-likeness (QED) is 0.870. The zero-order valence-electron chi connectivity index (χ0n) is 11.5. The lowest BCUT2D eigenvalue weighted by atomic mass is 10.1. The first-order chi connectivity index (χ1) is 9.13. The van der Waals surface area contributed by atoms with Crippen LogP contribution in [0.1, 0.15) is 49.0 Å². The maximum absolute atomic E-state index is 6.31. The van der Waals surface area contributed by atoms with E-state index in [0.717, 1.165) is 27.8 Å². The predicted molar refractivity (Wildman–Crippen MR) is 83.2 cm³/mol. The van der Waals surface area contributed by atoms with Gasteiger partial charge in [-0.15, -0.1) is 11.3 Å². The maximum atomic E-state index is 6.31. The lowest BCUT2D eigenvalue weighted by molar-refractivity contribution is 0.623. The van der Waals surface area contributed by atoms with Crippen molar-refractivity contribution in [1.29, 1.82) is 0 Å². The van der Waals surface area contributed by atoms with Crippen molar-refractivity contribution in [1.82, 2.24) is 10.3 Å². The molecule has 0 aliphatic rings. The monoisotopic (exact) mass is 294 g/mol. The third kappa shape index (κ3) is 3.35. The van der Waals surface area contributed by atoms with E-state index < -0.39 is 0 Å². The Balaban J connectivity index is 2.37. The number of hydrogen-bond donors (Lipinski definition) is 1. The SMILES string of the molecule is CCNC(c1nc(C(C)C)cs1)c1ccccc1Cl. The van der Waals surface area contributed by atoms with Crippen LogP contribution in [0.3, 0.4) is 0 Å². The van der Waals surface area contributed by atoms with Crippen molar-refractivity contribution >= 4 is 22.9 Å². The van der Waals surface area contributed by atoms with Gasteiger partial charge in [0.2, 0.25) is 0 Å². The fourth-order valence-electron chi connectivity index (χ4n) is 1.94. The van der Waals surface area contributed by atoms with Gasteiger partial charge in [0.1, 0.15) is 5.01 Å². The summed E-state index contributed by atoms with van der Waals surface area (Å²) < 4.78 is 0. The van der Waals surface area contributed by atoms with Gasteiger partial charge in [0.25, 0.3) is 0 Å². The summed E-state index contributed by atoms with van der Waals surface area (Å²) in [5, 5.41) is 7.48. The highest BCUT2D eigenvalue weighted by Gasteiger charge is 2.19. The number of rotatable bonds is 5. The van der Waals surface area contributed by atoms with Crippen LogP contribution in [0.15, 0.2) is 29.6 Å². The average molecular weight is 295 g/mol. The van der Waals surface area contributed by atoms with Crippen molar-refractivity contribution in [2.75, 3.05) is 6.54 Å². The fourth-order valence-corrected chi connectivity index (χ4v) is 3.26. The average Bonchev–Trinajstić information content (AvgIpc) is 2.86. The molecule has 0 bridgehead atoms. The molecule has 0 fully saturated rings. The minimum atomic E-state index is 0.0798. The van der Waals surface area contributed by atoms with Gasteiger partial charge in [-0.25, -0.2) is 4.98 Å². The van der Waals surface area contributed by atoms with Crippen LogP contribution >= 0.6 is 22.9 Å². The summed E-state index contributed by atoms with van der Waals surface area (Å²) in [6.45, 7) is 7.31. The number of nitrogens with one attached hydrogen (secondary N) is 1. The van der Waals surface area contributed by atoms with E-state index in [1.54, 1.807) is 11.3 Å². The van der Waals surface area contributed by atoms with E-state index >= 15 is 0 Å². The molecule has 102 valence electrons. The largest absolute Gasteiger partial charge is 0.304 e. The standard InChI is InChI=1S/C15H19ClN2S/c1-4-17-14(11-7-5-6-8-12(11)16)15-18-13(9-19-15)10(2)3/h5-10,14,17H,4H2,1-3H3. The highest BCUT2D eigenvalue weighted by Crippen LogP contribution is 2.31. The predicted octanol–water partition coefficient (Wildman–Crippen LogP) is 4.62. The molecule has 2 rings (SSSR count). The molecule has 2 aromatic rings. The summed E-state index contributed by atoms with van der Waals surface area (Å²) in [5.74, 6) is 0.457. The number of benzene rings is 1. The molecule has 0 radical (unpaired) electrons. The topological polar surface area (TPSA) is 24.9 Å². The molecule has 0 saturated heterocycles. The van der Waals surface area contributed by atoms with Crippen LogP contribution in [-0.4, -0.2) is 11.5 Å². The van der Waals surface area contributed by atoms with Gasteiger partial charge in [-0.1, -0.05) is 50.6 Å². The van der Waals surface area contributed by atoms with E-state index in [2.05, 4.69) is 37.5 Å². The van der Waals surface area contributed by atoms with Crippen LogP contribution in [0.4, 0.5) is 0 Å². The van der Waals surface area contributed by atoms with Crippen LogP contribution in [0.2, 0.25) is 5.02 Å². The summed E-state index contributed by atoms with van der Waals surface area (Å²) in [7, 11) is 0. The smallest absolute Gasteiger partial charge is 0.114 e. The van der Waals surface area contributed by atoms with Gasteiger partial charge < -0.3 is 5.32 Å². The van der Waals surface area contributed by atoms with E-state index in [4.69, 9.17) is 16.6 Å². The van der Waals surface area contributed by atoms with Crippen molar-refractivity contribution in [3.63, 3.8) is 0 Å². The Morgan fingerprint density at radius 2 is 2.05 bits per heavy atom. The number of thiazole rings is 1. The molecule has 1 aromatic carbocycles. The number of hydrogen-bond acceptors (Lipinski definition) is 3. The molecular weight excluding hydrogens is 276 g/mol. The minimum Gasteiger partial charge on any atom is -0.304 e. The third-order valence-electron chi connectivity index (χ3n) is 3.00. The molecule has 1 atom stereocenters. The van der Waals surface area contributed by atoms with Crippen LogP contribution in [0, 0.1) is 0 Å². The Kier molecular flexibility index (Phi) is 4.97. The van der Waals surface area contributed by atoms with Gasteiger partial charge in [0, 0.05) is 10.4 Å². The first-order valence-electron chi connectivity index (χ1n) is 6.56. The summed E-state index contributed by atoms with van der Waals surface area (Å²) in [6.07, 6.45) is 0. The Morgan fingerprint density at radius 1 is 1.32 bits per heavy atom.